The number of hydrogen-bond acceptors (Lipinski definition) is 6. The molecule has 0 bridgehead atoms. The summed E-state index contributed by atoms with van der Waals surface area (Å²) in [5.74, 6) is 0.635. The van der Waals surface area contributed by atoms with Crippen LogP contribution in [0.4, 0.5) is 5.82 Å². The van der Waals surface area contributed by atoms with Crippen molar-refractivity contribution in [2.24, 2.45) is 10.7 Å². The van der Waals surface area contributed by atoms with Crippen LogP contribution in [0.1, 0.15) is 28.2 Å². The van der Waals surface area contributed by atoms with Crippen molar-refractivity contribution >= 4 is 12.0 Å². The van der Waals surface area contributed by atoms with Gasteiger partial charge < -0.3 is 15.6 Å². The number of aromatic nitrogens is 1. The van der Waals surface area contributed by atoms with E-state index in [1.165, 1.54) is 6.07 Å². The van der Waals surface area contributed by atoms with Crippen LogP contribution in [-0.4, -0.2) is 16.3 Å². The van der Waals surface area contributed by atoms with Gasteiger partial charge in [0, 0.05) is 29.6 Å². The van der Waals surface area contributed by atoms with Gasteiger partial charge in [-0.25, -0.2) is 9.98 Å². The molecule has 0 spiro atoms. The number of rotatable bonds is 3. The average Bonchev–Trinajstić information content (AvgIpc) is 2.73. The third-order valence-corrected chi connectivity index (χ3v) is 4.81. The molecule has 1 aliphatic heterocycles. The van der Waals surface area contributed by atoms with Crippen molar-refractivity contribution in [1.82, 2.24) is 4.98 Å². The minimum atomic E-state index is -0.394. The molecule has 0 saturated carbocycles. The predicted octanol–water partition coefficient (Wildman–Crippen LogP) is 4.06. The molecule has 0 aliphatic carbocycles. The Labute approximate surface area is 168 Å². The minimum Gasteiger partial charge on any atom is -0.507 e. The van der Waals surface area contributed by atoms with Crippen molar-refractivity contribution in [3.63, 3.8) is 0 Å². The van der Waals surface area contributed by atoms with Crippen LogP contribution in [0.15, 0.2) is 77.2 Å². The first-order valence-electron chi connectivity index (χ1n) is 9.03. The van der Waals surface area contributed by atoms with E-state index in [-0.39, 0.29) is 11.6 Å². The van der Waals surface area contributed by atoms with Gasteiger partial charge in [0.2, 0.25) is 5.88 Å². The highest BCUT2D eigenvalue weighted by atomic mass is 16.5. The topological polar surface area (TPSA) is 105 Å². The second-order valence-corrected chi connectivity index (χ2v) is 6.69. The summed E-state index contributed by atoms with van der Waals surface area (Å²) in [5, 5.41) is 20.1. The standard InChI is InChI=1S/C23H18N4O2/c1-14-6-5-9-26-23(14)27-13-16-10-17-20(11-19(16)28)29-22(25)18(12-24)21(17)15-7-3-2-4-8-15/h2-11,13,21,28H,25H2,1H3. The molecule has 0 amide bonds. The van der Waals surface area contributed by atoms with Gasteiger partial charge in [0.1, 0.15) is 23.1 Å². The van der Waals surface area contributed by atoms with Gasteiger partial charge in [0.25, 0.3) is 0 Å². The lowest BCUT2D eigenvalue weighted by Gasteiger charge is -2.27. The number of nitrogens with zero attached hydrogens (tertiary/aromatic N) is 3. The first-order valence-corrected chi connectivity index (χ1v) is 9.03. The fraction of sp³-hybridized carbons (Fsp3) is 0.0870. The maximum atomic E-state index is 10.5. The molecule has 3 N–H and O–H groups in total. The van der Waals surface area contributed by atoms with Crippen molar-refractivity contribution in [2.45, 2.75) is 12.8 Å². The molecule has 1 unspecified atom stereocenters. The van der Waals surface area contributed by atoms with E-state index in [0.29, 0.717) is 22.7 Å². The summed E-state index contributed by atoms with van der Waals surface area (Å²) in [4.78, 5) is 8.64. The molecule has 6 heteroatoms. The lowest BCUT2D eigenvalue weighted by Crippen LogP contribution is -2.21. The Morgan fingerprint density at radius 2 is 2.00 bits per heavy atom. The number of nitrogens with two attached hydrogens (primary N) is 1. The zero-order valence-corrected chi connectivity index (χ0v) is 15.7. The molecular weight excluding hydrogens is 364 g/mol. The number of aromatic hydroxyl groups is 1. The van der Waals surface area contributed by atoms with Gasteiger partial charge in [0.05, 0.1) is 5.92 Å². The molecule has 0 radical (unpaired) electrons. The molecular formula is C23H18N4O2. The minimum absolute atomic E-state index is 0.00102. The lowest BCUT2D eigenvalue weighted by atomic mass is 9.83. The summed E-state index contributed by atoms with van der Waals surface area (Å²) >= 11 is 0. The molecule has 0 fully saturated rings. The molecule has 142 valence electrons. The van der Waals surface area contributed by atoms with E-state index < -0.39 is 5.92 Å². The van der Waals surface area contributed by atoms with Crippen molar-refractivity contribution in [3.05, 3.63) is 94.5 Å². The fourth-order valence-electron chi connectivity index (χ4n) is 3.35. The number of hydrogen-bond donors (Lipinski definition) is 2. The monoisotopic (exact) mass is 382 g/mol. The van der Waals surface area contributed by atoms with Crippen LogP contribution < -0.4 is 10.5 Å². The smallest absolute Gasteiger partial charge is 0.205 e. The van der Waals surface area contributed by atoms with Gasteiger partial charge in [0.15, 0.2) is 5.82 Å². The second-order valence-electron chi connectivity index (χ2n) is 6.69. The van der Waals surface area contributed by atoms with E-state index in [1.807, 2.05) is 49.4 Å². The van der Waals surface area contributed by atoms with Crippen LogP contribution in [-0.2, 0) is 0 Å². The van der Waals surface area contributed by atoms with E-state index in [0.717, 1.165) is 16.7 Å². The van der Waals surface area contributed by atoms with Gasteiger partial charge in [-0.05, 0) is 30.2 Å². The SMILES string of the molecule is Cc1cccnc1N=Cc1cc2c(cc1O)OC(N)=C(C#N)C2c1ccccc1. The molecule has 1 aliphatic rings. The Morgan fingerprint density at radius 1 is 1.21 bits per heavy atom. The molecule has 1 aromatic heterocycles. The lowest BCUT2D eigenvalue weighted by molar-refractivity contribution is 0.388. The molecule has 0 saturated heterocycles. The van der Waals surface area contributed by atoms with Crippen LogP contribution in [0.2, 0.25) is 0 Å². The predicted molar refractivity (Wildman–Crippen MR) is 110 cm³/mol. The fourth-order valence-corrected chi connectivity index (χ4v) is 3.35. The molecule has 2 aromatic carbocycles. The molecule has 29 heavy (non-hydrogen) atoms. The first-order chi connectivity index (χ1) is 14.1. The first kappa shape index (κ1) is 18.3. The van der Waals surface area contributed by atoms with E-state index >= 15 is 0 Å². The summed E-state index contributed by atoms with van der Waals surface area (Å²) in [6, 6.07) is 18.8. The quantitative estimate of drug-likeness (QED) is 0.665. The van der Waals surface area contributed by atoms with Crippen LogP contribution in [0.25, 0.3) is 0 Å². The maximum absolute atomic E-state index is 10.5. The zero-order valence-electron chi connectivity index (χ0n) is 15.7. The largest absolute Gasteiger partial charge is 0.507 e. The number of allylic oxidation sites excluding steroid dienone is 1. The van der Waals surface area contributed by atoms with E-state index in [4.69, 9.17) is 10.5 Å². The highest BCUT2D eigenvalue weighted by Gasteiger charge is 2.31. The van der Waals surface area contributed by atoms with E-state index in [2.05, 4.69) is 16.0 Å². The Kier molecular flexibility index (Phi) is 4.71. The number of benzene rings is 2. The van der Waals surface area contributed by atoms with Crippen molar-refractivity contribution in [3.8, 4) is 17.6 Å². The molecule has 3 aromatic rings. The zero-order chi connectivity index (χ0) is 20.4. The van der Waals surface area contributed by atoms with Gasteiger partial charge in [-0.3, -0.25) is 0 Å². The third kappa shape index (κ3) is 3.42. The van der Waals surface area contributed by atoms with Gasteiger partial charge in [-0.15, -0.1) is 0 Å². The normalized spacial score (nSPS) is 15.7. The highest BCUT2D eigenvalue weighted by molar-refractivity contribution is 5.86. The Morgan fingerprint density at radius 3 is 2.72 bits per heavy atom. The summed E-state index contributed by atoms with van der Waals surface area (Å²) < 4.78 is 5.62. The van der Waals surface area contributed by atoms with Crippen LogP contribution >= 0.6 is 0 Å². The van der Waals surface area contributed by atoms with Gasteiger partial charge >= 0.3 is 0 Å². The van der Waals surface area contributed by atoms with E-state index in [9.17, 15) is 10.4 Å². The number of nitriles is 1. The van der Waals surface area contributed by atoms with E-state index in [1.54, 1.807) is 18.5 Å². The molecule has 6 nitrogen and oxygen atoms in total. The van der Waals surface area contributed by atoms with Crippen LogP contribution in [0, 0.1) is 18.3 Å². The number of pyridine rings is 1. The number of phenols is 1. The van der Waals surface area contributed by atoms with Gasteiger partial charge in [-0.2, -0.15) is 5.26 Å². The number of ether oxygens (including phenoxy) is 1. The Balaban J connectivity index is 1.83. The maximum Gasteiger partial charge on any atom is 0.205 e. The summed E-state index contributed by atoms with van der Waals surface area (Å²) in [6.07, 6.45) is 3.22. The second kappa shape index (κ2) is 7.49. The highest BCUT2D eigenvalue weighted by Crippen LogP contribution is 2.44. The summed E-state index contributed by atoms with van der Waals surface area (Å²) in [6.45, 7) is 1.92. The number of aryl methyl sites for hydroxylation is 1. The van der Waals surface area contributed by atoms with Crippen LogP contribution in [0.3, 0.4) is 0 Å². The number of fused-ring (bicyclic) bond motifs is 1. The van der Waals surface area contributed by atoms with Gasteiger partial charge in [-0.1, -0.05) is 36.4 Å². The Bertz CT molecular complexity index is 1180. The third-order valence-electron chi connectivity index (χ3n) is 4.81. The molecule has 4 rings (SSSR count). The Hall–Kier alpha value is -4.11. The number of phenolic OH excluding ortho intramolecular Hbond substituents is 1. The number of aliphatic imine (C=N–C) groups is 1. The summed E-state index contributed by atoms with van der Waals surface area (Å²) in [7, 11) is 0. The van der Waals surface area contributed by atoms with Crippen molar-refractivity contribution in [2.75, 3.05) is 0 Å². The van der Waals surface area contributed by atoms with Crippen molar-refractivity contribution in [1.29, 1.82) is 5.26 Å². The summed E-state index contributed by atoms with van der Waals surface area (Å²) in [5.41, 5.74) is 9.39. The average molecular weight is 382 g/mol. The van der Waals surface area contributed by atoms with Crippen molar-refractivity contribution < 1.29 is 9.84 Å². The van der Waals surface area contributed by atoms with Crippen LogP contribution in [0.5, 0.6) is 11.5 Å². The molecule has 2 heterocycles. The molecule has 1 atom stereocenters.